The standard InChI is InChI=1S/C16H9N8O.4C2H6.V/c25-24-15-7-8-16(24)23-14-6-4-12(21-14)19-10-2-1-9(17-10)18-11-3-5-13(20-11)22-15;4*1-2;/h1-8,25H;4*1-2H3;/q-1;;;;;. The van der Waals surface area contributed by atoms with Gasteiger partial charge in [-0.15, -0.1) is 0 Å². The Bertz CT molecular complexity index is 1140. The van der Waals surface area contributed by atoms with Crippen LogP contribution in [0.4, 0.5) is 0 Å². The molecule has 0 amide bonds. The molecule has 0 unspecified atom stereocenters. The summed E-state index contributed by atoms with van der Waals surface area (Å²) in [7, 11) is 0. The molecular weight excluding hydrogens is 467 g/mol. The summed E-state index contributed by atoms with van der Waals surface area (Å²) in [6.07, 6.45) is 6.87. The van der Waals surface area contributed by atoms with Gasteiger partial charge in [0.1, 0.15) is 0 Å². The summed E-state index contributed by atoms with van der Waals surface area (Å²) in [4.78, 5) is 30.2. The molecule has 3 aromatic rings. The minimum atomic E-state index is 0. The van der Waals surface area contributed by atoms with Crippen LogP contribution in [-0.2, 0) is 18.6 Å². The molecule has 0 saturated heterocycles. The van der Waals surface area contributed by atoms with E-state index in [0.717, 1.165) is 4.73 Å². The largest absolute Gasteiger partial charge is 0.425 e. The van der Waals surface area contributed by atoms with E-state index >= 15 is 0 Å². The summed E-state index contributed by atoms with van der Waals surface area (Å²) < 4.78 is 0.882. The van der Waals surface area contributed by atoms with E-state index in [4.69, 9.17) is 0 Å². The van der Waals surface area contributed by atoms with Gasteiger partial charge in [-0.2, -0.15) is 4.73 Å². The second-order valence-electron chi connectivity index (χ2n) is 5.29. The van der Waals surface area contributed by atoms with Gasteiger partial charge in [0.2, 0.25) is 0 Å². The number of fused-ring (bicyclic) bond motifs is 8. The van der Waals surface area contributed by atoms with E-state index in [1.807, 2.05) is 55.4 Å². The number of aromatic nitrogens is 8. The van der Waals surface area contributed by atoms with Crippen molar-refractivity contribution in [2.45, 2.75) is 55.4 Å². The maximum Gasteiger partial charge on any atom is 0.172 e. The Hall–Kier alpha value is -3.30. The molecule has 34 heavy (non-hydrogen) atoms. The molecule has 0 aliphatic carbocycles. The molecule has 0 saturated carbocycles. The average molecular weight is 501 g/mol. The molecule has 9 nitrogen and oxygen atoms in total. The Morgan fingerprint density at radius 2 is 0.853 bits per heavy atom. The van der Waals surface area contributed by atoms with Gasteiger partial charge < -0.3 is 20.2 Å². The molecule has 2 aliphatic rings. The van der Waals surface area contributed by atoms with Crippen molar-refractivity contribution in [2.24, 2.45) is 0 Å². The van der Waals surface area contributed by atoms with Gasteiger partial charge in [0.15, 0.2) is 22.9 Å². The average Bonchev–Trinajstić information content (AvgIpc) is 3.67. The fraction of sp³-hybridized carbons (Fsp3) is 0.333. The molecule has 10 heteroatoms. The Morgan fingerprint density at radius 1 is 0.529 bits per heavy atom. The monoisotopic (exact) mass is 500 g/mol. The maximum absolute atomic E-state index is 10.2. The Morgan fingerprint density at radius 3 is 1.21 bits per heavy atom. The van der Waals surface area contributed by atoms with E-state index in [-0.39, 0.29) is 18.6 Å². The Kier molecular flexibility index (Phi) is 14.8. The third-order valence-electron chi connectivity index (χ3n) is 3.56. The van der Waals surface area contributed by atoms with Gasteiger partial charge in [-0.3, -0.25) is 0 Å². The van der Waals surface area contributed by atoms with Crippen molar-refractivity contribution in [1.82, 2.24) is 39.6 Å². The van der Waals surface area contributed by atoms with Gasteiger partial charge >= 0.3 is 0 Å². The summed E-state index contributed by atoms with van der Waals surface area (Å²) in [6, 6.07) is 6.78. The molecule has 1 radical (unpaired) electrons. The second kappa shape index (κ2) is 16.3. The zero-order valence-corrected chi connectivity index (χ0v) is 22.5. The molecule has 181 valence electrons. The molecule has 3 aromatic heterocycles. The molecule has 0 aromatic carbocycles. The van der Waals surface area contributed by atoms with Crippen molar-refractivity contribution in [1.29, 1.82) is 0 Å². The SMILES string of the molecule is CC.CC.CC.CC.On1c2ccc1nc1nc(nc3ccc(nc4nc(n2)C=C4)[n-]3)C=C1.[V]. The topological polar surface area (TPSA) is 117 Å². The molecular formula is C24H33N8OV-. The van der Waals surface area contributed by atoms with Crippen LogP contribution >= 0.6 is 0 Å². The van der Waals surface area contributed by atoms with Crippen LogP contribution in [0.15, 0.2) is 24.3 Å². The van der Waals surface area contributed by atoms with Gasteiger partial charge in [-0.1, -0.05) is 55.4 Å². The van der Waals surface area contributed by atoms with Gasteiger partial charge in [-0.25, -0.2) is 19.9 Å². The summed E-state index contributed by atoms with van der Waals surface area (Å²) in [6.45, 7) is 16.0. The van der Waals surface area contributed by atoms with Crippen molar-refractivity contribution in [3.05, 3.63) is 47.6 Å². The van der Waals surface area contributed by atoms with E-state index in [9.17, 15) is 5.21 Å². The Balaban J connectivity index is 0.00000110. The fourth-order valence-electron chi connectivity index (χ4n) is 2.44. The first-order chi connectivity index (χ1) is 16.2. The van der Waals surface area contributed by atoms with Gasteiger partial charge in [0, 0.05) is 29.9 Å². The zero-order chi connectivity index (χ0) is 24.8. The van der Waals surface area contributed by atoms with Crippen LogP contribution in [0.1, 0.15) is 78.7 Å². The second-order valence-corrected chi connectivity index (χ2v) is 5.29. The first kappa shape index (κ1) is 30.7. The van der Waals surface area contributed by atoms with E-state index in [2.05, 4.69) is 34.9 Å². The maximum atomic E-state index is 10.2. The molecule has 0 spiro atoms. The number of rotatable bonds is 0. The molecule has 8 bridgehead atoms. The summed E-state index contributed by atoms with van der Waals surface area (Å²) in [5.74, 6) is 1.81. The normalized spacial score (nSPS) is 10.0. The number of hydrogen-bond donors (Lipinski definition) is 1. The van der Waals surface area contributed by atoms with Crippen LogP contribution in [-0.4, -0.2) is 39.8 Å². The van der Waals surface area contributed by atoms with Crippen molar-refractivity contribution >= 4 is 46.9 Å². The van der Waals surface area contributed by atoms with Crippen LogP contribution in [0.3, 0.4) is 0 Å². The van der Waals surface area contributed by atoms with Crippen molar-refractivity contribution in [2.75, 3.05) is 0 Å². The smallest absolute Gasteiger partial charge is 0.172 e. The Labute approximate surface area is 213 Å². The predicted molar refractivity (Wildman–Crippen MR) is 135 cm³/mol. The quantitative estimate of drug-likeness (QED) is 0.270. The molecule has 1 N–H and O–H groups in total. The van der Waals surface area contributed by atoms with Crippen molar-refractivity contribution in [3.63, 3.8) is 0 Å². The van der Waals surface area contributed by atoms with E-state index in [1.165, 1.54) is 0 Å². The van der Waals surface area contributed by atoms with E-state index in [0.29, 0.717) is 45.9 Å². The van der Waals surface area contributed by atoms with Crippen LogP contribution in [0.25, 0.3) is 46.9 Å². The molecule has 0 fully saturated rings. The third kappa shape index (κ3) is 7.93. The first-order valence-electron chi connectivity index (χ1n) is 11.4. The minimum Gasteiger partial charge on any atom is -0.425 e. The molecule has 5 rings (SSSR count). The van der Waals surface area contributed by atoms with Gasteiger partial charge in [-0.05, 0) is 48.6 Å². The molecule has 0 atom stereocenters. The number of nitrogens with zero attached hydrogens (tertiary/aromatic N) is 8. The predicted octanol–water partition coefficient (Wildman–Crippen LogP) is 5.68. The van der Waals surface area contributed by atoms with Gasteiger partial charge in [0.25, 0.3) is 0 Å². The summed E-state index contributed by atoms with van der Waals surface area (Å²) >= 11 is 0. The first-order valence-corrected chi connectivity index (χ1v) is 11.4. The summed E-state index contributed by atoms with van der Waals surface area (Å²) in [5.41, 5.74) is 1.61. The zero-order valence-electron chi connectivity index (χ0n) is 21.1. The van der Waals surface area contributed by atoms with Crippen LogP contribution in [0.2, 0.25) is 0 Å². The van der Waals surface area contributed by atoms with Crippen molar-refractivity contribution in [3.8, 4) is 0 Å². The van der Waals surface area contributed by atoms with Crippen LogP contribution in [0, 0.1) is 0 Å². The van der Waals surface area contributed by atoms with E-state index < -0.39 is 0 Å². The van der Waals surface area contributed by atoms with Crippen molar-refractivity contribution < 1.29 is 23.8 Å². The van der Waals surface area contributed by atoms with Crippen LogP contribution in [0.5, 0.6) is 0 Å². The summed E-state index contributed by atoms with van der Waals surface area (Å²) in [5, 5.41) is 10.2. The van der Waals surface area contributed by atoms with Crippen LogP contribution < -0.4 is 4.98 Å². The molecule has 2 aliphatic heterocycles. The van der Waals surface area contributed by atoms with Gasteiger partial charge in [0.05, 0.1) is 11.6 Å². The third-order valence-corrected chi connectivity index (χ3v) is 3.56. The minimum absolute atomic E-state index is 0. The molecule has 5 heterocycles. The number of hydrogen-bond acceptors (Lipinski definition) is 7. The fourth-order valence-corrected chi connectivity index (χ4v) is 2.44. The van der Waals surface area contributed by atoms with E-state index in [1.54, 1.807) is 48.6 Å².